The molecule has 1 amide bonds. The van der Waals surface area contributed by atoms with E-state index in [4.69, 9.17) is 4.74 Å². The first kappa shape index (κ1) is 21.3. The summed E-state index contributed by atoms with van der Waals surface area (Å²) in [5, 5.41) is 9.29. The fourth-order valence-electron chi connectivity index (χ4n) is 2.57. The Morgan fingerprint density at radius 1 is 1.10 bits per heavy atom. The molecular formula is C20H22N6O3S. The number of methoxy groups -OCH3 is 1. The molecule has 10 heteroatoms. The third-order valence-corrected chi connectivity index (χ3v) is 4.63. The molecule has 0 radical (unpaired) electrons. The van der Waals surface area contributed by atoms with Crippen molar-refractivity contribution in [2.24, 2.45) is 0 Å². The number of anilines is 3. The Hall–Kier alpha value is -3.37. The highest BCUT2D eigenvalue weighted by Crippen LogP contribution is 2.19. The molecule has 0 saturated carbocycles. The summed E-state index contributed by atoms with van der Waals surface area (Å²) in [6, 6.07) is 14.6. The van der Waals surface area contributed by atoms with Gasteiger partial charge >= 0.3 is 5.16 Å². The van der Waals surface area contributed by atoms with Crippen molar-refractivity contribution >= 4 is 34.4 Å². The molecule has 0 aliphatic heterocycles. The number of benzene rings is 1. The van der Waals surface area contributed by atoms with E-state index in [1.165, 1.54) is 13.4 Å². The van der Waals surface area contributed by atoms with Crippen molar-refractivity contribution in [3.63, 3.8) is 0 Å². The molecular weight excluding hydrogens is 404 g/mol. The van der Waals surface area contributed by atoms with E-state index in [2.05, 4.69) is 30.9 Å². The van der Waals surface area contributed by atoms with E-state index in [9.17, 15) is 9.35 Å². The molecule has 156 valence electrons. The van der Waals surface area contributed by atoms with Crippen LogP contribution < -0.4 is 20.7 Å². The number of ether oxygens (including phenoxy) is 1. The van der Waals surface area contributed by atoms with Gasteiger partial charge in [0.15, 0.2) is 0 Å². The smallest absolute Gasteiger partial charge is 0.346 e. The standard InChI is InChI=1S/C20H22N6O3S/c1-29-19-15(9-6-10-23-19)18(27)22-12-11-21-16-13-17(26-20(25-16)30(2)28)24-14-7-4-3-5-8-14/h3-10,13H,11-12H2,1-2H3,(H,22,27)(H2,21,24,25,26). The quantitative estimate of drug-likeness (QED) is 0.270. The summed E-state index contributed by atoms with van der Waals surface area (Å²) < 4.78 is 17.0. The number of hydrogen-bond acceptors (Lipinski definition) is 8. The van der Waals surface area contributed by atoms with Crippen LogP contribution in [-0.2, 0) is 11.2 Å². The molecule has 0 aliphatic carbocycles. The van der Waals surface area contributed by atoms with Crippen molar-refractivity contribution in [3.05, 3.63) is 60.3 Å². The second-order valence-corrected chi connectivity index (χ2v) is 7.38. The third-order valence-electron chi connectivity index (χ3n) is 3.93. The molecule has 3 rings (SSSR count). The summed E-state index contributed by atoms with van der Waals surface area (Å²) in [5.74, 6) is 1.01. The number of carbonyl (C=O) groups is 1. The average Bonchev–Trinajstić information content (AvgIpc) is 2.77. The lowest BCUT2D eigenvalue weighted by atomic mass is 10.2. The third kappa shape index (κ3) is 5.82. The fourth-order valence-corrected chi connectivity index (χ4v) is 3.02. The van der Waals surface area contributed by atoms with Crippen molar-refractivity contribution in [2.75, 3.05) is 37.1 Å². The summed E-state index contributed by atoms with van der Waals surface area (Å²) in [5.41, 5.74) is 1.22. The van der Waals surface area contributed by atoms with Crippen LogP contribution in [0.1, 0.15) is 10.4 Å². The van der Waals surface area contributed by atoms with E-state index < -0.39 is 11.2 Å². The molecule has 2 heterocycles. The number of pyridine rings is 1. The van der Waals surface area contributed by atoms with Crippen LogP contribution in [0, 0.1) is 0 Å². The molecule has 0 aliphatic rings. The summed E-state index contributed by atoms with van der Waals surface area (Å²) >= 11 is -1.34. The second kappa shape index (κ2) is 10.4. The zero-order valence-corrected chi connectivity index (χ0v) is 17.4. The summed E-state index contributed by atoms with van der Waals surface area (Å²) in [4.78, 5) is 24.9. The maximum Gasteiger partial charge on any atom is 0.346 e. The highest BCUT2D eigenvalue weighted by atomic mass is 32.2. The number of nitrogens with one attached hydrogen (secondary N) is 3. The summed E-state index contributed by atoms with van der Waals surface area (Å²) in [6.45, 7) is 0.749. The van der Waals surface area contributed by atoms with E-state index in [1.807, 2.05) is 30.3 Å². The van der Waals surface area contributed by atoms with Crippen LogP contribution in [0.25, 0.3) is 0 Å². The lowest BCUT2D eigenvalue weighted by molar-refractivity contribution is 0.0951. The Bertz CT molecular complexity index is 987. The highest BCUT2D eigenvalue weighted by molar-refractivity contribution is 7.90. The SMILES string of the molecule is COc1ncccc1C(=O)NCCNc1cc(Nc2ccccc2)nc([S+](C)[O-])n1. The molecule has 0 fully saturated rings. The van der Waals surface area contributed by atoms with Gasteiger partial charge in [-0.15, -0.1) is 0 Å². The summed E-state index contributed by atoms with van der Waals surface area (Å²) in [7, 11) is 1.46. The first-order chi connectivity index (χ1) is 14.6. The van der Waals surface area contributed by atoms with Crippen LogP contribution in [0.2, 0.25) is 0 Å². The normalized spacial score (nSPS) is 11.4. The van der Waals surface area contributed by atoms with Crippen LogP contribution in [0.15, 0.2) is 59.9 Å². The molecule has 2 aromatic heterocycles. The van der Waals surface area contributed by atoms with Crippen molar-refractivity contribution in [2.45, 2.75) is 5.16 Å². The second-order valence-electron chi connectivity index (χ2n) is 6.11. The Kier molecular flexibility index (Phi) is 7.41. The Labute approximate surface area is 177 Å². The van der Waals surface area contributed by atoms with E-state index in [0.29, 0.717) is 30.3 Å². The van der Waals surface area contributed by atoms with Gasteiger partial charge in [-0.25, -0.2) is 4.98 Å². The topological polar surface area (TPSA) is 124 Å². The maximum atomic E-state index is 12.3. The highest BCUT2D eigenvalue weighted by Gasteiger charge is 2.14. The van der Waals surface area contributed by atoms with Crippen molar-refractivity contribution in [1.29, 1.82) is 0 Å². The van der Waals surface area contributed by atoms with E-state index >= 15 is 0 Å². The van der Waals surface area contributed by atoms with E-state index in [1.54, 1.807) is 24.4 Å². The predicted molar refractivity (Wildman–Crippen MR) is 116 cm³/mol. The van der Waals surface area contributed by atoms with Crippen LogP contribution >= 0.6 is 0 Å². The van der Waals surface area contributed by atoms with Gasteiger partial charge in [-0.05, 0) is 24.3 Å². The van der Waals surface area contributed by atoms with Gasteiger partial charge < -0.3 is 25.2 Å². The maximum absolute atomic E-state index is 12.3. The van der Waals surface area contributed by atoms with Gasteiger partial charge in [-0.3, -0.25) is 4.79 Å². The van der Waals surface area contributed by atoms with Gasteiger partial charge in [-0.1, -0.05) is 18.2 Å². The predicted octanol–water partition coefficient (Wildman–Crippen LogP) is 2.20. The lowest BCUT2D eigenvalue weighted by Crippen LogP contribution is -2.29. The molecule has 30 heavy (non-hydrogen) atoms. The Morgan fingerprint density at radius 2 is 1.87 bits per heavy atom. The molecule has 1 atom stereocenters. The molecule has 0 bridgehead atoms. The lowest BCUT2D eigenvalue weighted by Gasteiger charge is -2.12. The zero-order chi connectivity index (χ0) is 21.3. The van der Waals surface area contributed by atoms with Crippen LogP contribution in [0.5, 0.6) is 5.88 Å². The summed E-state index contributed by atoms with van der Waals surface area (Å²) in [6.07, 6.45) is 3.08. The number of para-hydroxylation sites is 1. The Balaban J connectivity index is 1.61. The van der Waals surface area contributed by atoms with Crippen molar-refractivity contribution in [3.8, 4) is 5.88 Å². The number of rotatable bonds is 9. The number of carbonyl (C=O) groups excluding carboxylic acids is 1. The van der Waals surface area contributed by atoms with Gasteiger partial charge in [0.1, 0.15) is 23.5 Å². The van der Waals surface area contributed by atoms with Gasteiger partial charge in [0.25, 0.3) is 5.91 Å². The molecule has 1 unspecified atom stereocenters. The first-order valence-electron chi connectivity index (χ1n) is 9.12. The van der Waals surface area contributed by atoms with Crippen molar-refractivity contribution in [1.82, 2.24) is 20.3 Å². The Morgan fingerprint density at radius 3 is 2.60 bits per heavy atom. The van der Waals surface area contributed by atoms with Gasteiger partial charge in [0.2, 0.25) is 5.88 Å². The monoisotopic (exact) mass is 426 g/mol. The number of aromatic nitrogens is 3. The molecule has 3 N–H and O–H groups in total. The van der Waals surface area contributed by atoms with Crippen LogP contribution in [0.4, 0.5) is 17.3 Å². The molecule has 9 nitrogen and oxygen atoms in total. The van der Waals surface area contributed by atoms with Crippen LogP contribution in [0.3, 0.4) is 0 Å². The number of amides is 1. The molecule has 1 aromatic carbocycles. The average molecular weight is 427 g/mol. The molecule has 0 spiro atoms. The molecule has 0 saturated heterocycles. The van der Waals surface area contributed by atoms with Gasteiger partial charge in [0.05, 0.1) is 7.11 Å². The van der Waals surface area contributed by atoms with Crippen molar-refractivity contribution < 1.29 is 14.1 Å². The molecule has 3 aromatic rings. The van der Waals surface area contributed by atoms with E-state index in [-0.39, 0.29) is 16.9 Å². The minimum atomic E-state index is -1.34. The van der Waals surface area contributed by atoms with Gasteiger partial charge in [-0.2, -0.15) is 9.97 Å². The van der Waals surface area contributed by atoms with Crippen LogP contribution in [-0.4, -0.2) is 51.9 Å². The largest absolute Gasteiger partial charge is 0.609 e. The van der Waals surface area contributed by atoms with E-state index in [0.717, 1.165) is 5.69 Å². The fraction of sp³-hybridized carbons (Fsp3) is 0.200. The number of hydrogen-bond donors (Lipinski definition) is 3. The van der Waals surface area contributed by atoms with Gasteiger partial charge in [0, 0.05) is 42.2 Å². The number of nitrogens with zero attached hydrogens (tertiary/aromatic N) is 3. The minimum absolute atomic E-state index is 0.211. The minimum Gasteiger partial charge on any atom is -0.609 e. The zero-order valence-electron chi connectivity index (χ0n) is 16.6. The first-order valence-corrected chi connectivity index (χ1v) is 10.7.